The minimum atomic E-state index is -0.755. The molecule has 6 heteroatoms. The monoisotopic (exact) mass is 303 g/mol. The molecule has 2 nitrogen and oxygen atoms in total. The summed E-state index contributed by atoms with van der Waals surface area (Å²) in [6.07, 6.45) is 1.70. The molecule has 0 fully saturated rings. The van der Waals surface area contributed by atoms with Crippen LogP contribution in [0.15, 0.2) is 24.4 Å². The van der Waals surface area contributed by atoms with E-state index in [2.05, 4.69) is 4.98 Å². The van der Waals surface area contributed by atoms with Gasteiger partial charge in [-0.15, -0.1) is 0 Å². The fraction of sp³-hybridized carbons (Fsp3) is 0. The molecule has 0 aliphatic heterocycles. The molecule has 0 aliphatic carbocycles. The van der Waals surface area contributed by atoms with Gasteiger partial charge in [-0.1, -0.05) is 34.8 Å². The van der Waals surface area contributed by atoms with Crippen molar-refractivity contribution < 1.29 is 9.18 Å². The van der Waals surface area contributed by atoms with Crippen LogP contribution in [0.25, 0.3) is 11.1 Å². The average Bonchev–Trinajstić information content (AvgIpc) is 2.36. The Balaban J connectivity index is 2.77. The van der Waals surface area contributed by atoms with Crippen molar-refractivity contribution >= 4 is 41.1 Å². The zero-order valence-corrected chi connectivity index (χ0v) is 11.0. The minimum Gasteiger partial charge on any atom is -0.298 e. The highest BCUT2D eigenvalue weighted by atomic mass is 35.5. The van der Waals surface area contributed by atoms with Crippen LogP contribution in [0.3, 0.4) is 0 Å². The smallest absolute Gasteiger partial charge is 0.213 e. The number of carbonyl (C=O) groups excluding carboxylic acids is 1. The molecule has 0 saturated heterocycles. The zero-order chi connectivity index (χ0) is 13.3. The molecule has 0 amide bonds. The van der Waals surface area contributed by atoms with Gasteiger partial charge in [-0.25, -0.2) is 4.98 Å². The normalized spacial score (nSPS) is 10.4. The van der Waals surface area contributed by atoms with Crippen LogP contribution in [0.2, 0.25) is 15.1 Å². The molecule has 2 aromatic rings. The number of carbonyl (C=O) groups is 1. The van der Waals surface area contributed by atoms with E-state index >= 15 is 0 Å². The lowest BCUT2D eigenvalue weighted by atomic mass is 10.0. The van der Waals surface area contributed by atoms with Crippen molar-refractivity contribution in [3.8, 4) is 11.1 Å². The van der Waals surface area contributed by atoms with E-state index in [4.69, 9.17) is 34.8 Å². The van der Waals surface area contributed by atoms with Crippen molar-refractivity contribution in [2.75, 3.05) is 0 Å². The van der Waals surface area contributed by atoms with Crippen molar-refractivity contribution in [2.45, 2.75) is 0 Å². The first-order chi connectivity index (χ1) is 8.54. The van der Waals surface area contributed by atoms with Gasteiger partial charge in [0, 0.05) is 29.0 Å². The molecule has 2 rings (SSSR count). The van der Waals surface area contributed by atoms with Crippen LogP contribution < -0.4 is 0 Å². The summed E-state index contributed by atoms with van der Waals surface area (Å²) in [7, 11) is 0. The standard InChI is InChI=1S/C12H5Cl3FNO/c13-8-1-2-9(14)12(15)11(8)7-4-17-10(16)3-6(7)5-18/h1-5H. The summed E-state index contributed by atoms with van der Waals surface area (Å²) in [5, 5.41) is 0.791. The Morgan fingerprint density at radius 1 is 1.17 bits per heavy atom. The summed E-state index contributed by atoms with van der Waals surface area (Å²) in [5.41, 5.74) is 0.804. The Kier molecular flexibility index (Phi) is 3.85. The molecule has 0 spiro atoms. The maximum Gasteiger partial charge on any atom is 0.213 e. The topological polar surface area (TPSA) is 30.0 Å². The lowest BCUT2D eigenvalue weighted by Gasteiger charge is -2.10. The molecule has 0 bridgehead atoms. The van der Waals surface area contributed by atoms with Crippen LogP contribution >= 0.6 is 34.8 Å². The van der Waals surface area contributed by atoms with E-state index in [-0.39, 0.29) is 15.6 Å². The van der Waals surface area contributed by atoms with Gasteiger partial charge in [-0.05, 0) is 12.1 Å². The quantitative estimate of drug-likeness (QED) is 0.459. The summed E-state index contributed by atoms with van der Waals surface area (Å²) in [6, 6.07) is 4.09. The second kappa shape index (κ2) is 5.22. The van der Waals surface area contributed by atoms with E-state index in [1.165, 1.54) is 12.3 Å². The van der Waals surface area contributed by atoms with Crippen LogP contribution in [0, 0.1) is 5.95 Å². The third-order valence-corrected chi connectivity index (χ3v) is 3.46. The SMILES string of the molecule is O=Cc1cc(F)ncc1-c1c(Cl)ccc(Cl)c1Cl. The Hall–Kier alpha value is -1.16. The highest BCUT2D eigenvalue weighted by Crippen LogP contribution is 2.39. The molecule has 0 saturated carbocycles. The lowest BCUT2D eigenvalue weighted by molar-refractivity contribution is 0.112. The summed E-state index contributed by atoms with van der Waals surface area (Å²) >= 11 is 18.0. The van der Waals surface area contributed by atoms with Crippen molar-refractivity contribution in [2.24, 2.45) is 0 Å². The van der Waals surface area contributed by atoms with Crippen LogP contribution in [-0.4, -0.2) is 11.3 Å². The first kappa shape index (κ1) is 13.3. The number of pyridine rings is 1. The van der Waals surface area contributed by atoms with Gasteiger partial charge in [0.25, 0.3) is 0 Å². The molecule has 0 aliphatic rings. The molecule has 1 heterocycles. The summed E-state index contributed by atoms with van der Waals surface area (Å²) < 4.78 is 13.0. The largest absolute Gasteiger partial charge is 0.298 e. The van der Waals surface area contributed by atoms with Crippen LogP contribution in [0.1, 0.15) is 10.4 Å². The first-order valence-electron chi connectivity index (χ1n) is 4.79. The second-order valence-electron chi connectivity index (χ2n) is 3.43. The van der Waals surface area contributed by atoms with E-state index in [0.29, 0.717) is 22.4 Å². The van der Waals surface area contributed by atoms with E-state index in [1.807, 2.05) is 0 Å². The molecule has 0 atom stereocenters. The van der Waals surface area contributed by atoms with Gasteiger partial charge >= 0.3 is 0 Å². The van der Waals surface area contributed by atoms with Gasteiger partial charge in [0.1, 0.15) is 0 Å². The average molecular weight is 305 g/mol. The second-order valence-corrected chi connectivity index (χ2v) is 4.62. The summed E-state index contributed by atoms with van der Waals surface area (Å²) in [6.45, 7) is 0. The third-order valence-electron chi connectivity index (χ3n) is 2.34. The number of aldehydes is 1. The molecular formula is C12H5Cl3FNO. The molecule has 92 valence electrons. The summed E-state index contributed by atoms with van der Waals surface area (Å²) in [5.74, 6) is -0.755. The van der Waals surface area contributed by atoms with Crippen LogP contribution in [-0.2, 0) is 0 Å². The van der Waals surface area contributed by atoms with Gasteiger partial charge in [-0.2, -0.15) is 4.39 Å². The number of benzene rings is 1. The molecule has 1 aromatic carbocycles. The first-order valence-corrected chi connectivity index (χ1v) is 5.92. The predicted molar refractivity (Wildman–Crippen MR) is 70.0 cm³/mol. The number of rotatable bonds is 2. The Morgan fingerprint density at radius 3 is 2.50 bits per heavy atom. The highest BCUT2D eigenvalue weighted by molar-refractivity contribution is 6.46. The fourth-order valence-corrected chi connectivity index (χ4v) is 2.26. The van der Waals surface area contributed by atoms with Gasteiger partial charge in [-0.3, -0.25) is 4.79 Å². The highest BCUT2D eigenvalue weighted by Gasteiger charge is 2.16. The van der Waals surface area contributed by atoms with Crippen molar-refractivity contribution in [1.29, 1.82) is 0 Å². The Morgan fingerprint density at radius 2 is 1.83 bits per heavy atom. The summed E-state index contributed by atoms with van der Waals surface area (Å²) in [4.78, 5) is 14.4. The van der Waals surface area contributed by atoms with Gasteiger partial charge in [0.05, 0.1) is 15.1 Å². The molecule has 0 unspecified atom stereocenters. The molecule has 0 N–H and O–H groups in total. The van der Waals surface area contributed by atoms with E-state index in [1.54, 1.807) is 6.07 Å². The number of hydrogen-bond donors (Lipinski definition) is 0. The number of aromatic nitrogens is 1. The number of nitrogens with zero attached hydrogens (tertiary/aromatic N) is 1. The maximum atomic E-state index is 13.0. The fourth-order valence-electron chi connectivity index (χ4n) is 1.52. The van der Waals surface area contributed by atoms with Gasteiger partial charge < -0.3 is 0 Å². The molecular weight excluding hydrogens is 299 g/mol. The van der Waals surface area contributed by atoms with Crippen molar-refractivity contribution in [3.05, 3.63) is 51.0 Å². The van der Waals surface area contributed by atoms with Crippen molar-refractivity contribution in [3.63, 3.8) is 0 Å². The Labute approximate surface area is 117 Å². The zero-order valence-electron chi connectivity index (χ0n) is 8.75. The molecule has 18 heavy (non-hydrogen) atoms. The predicted octanol–water partition coefficient (Wildman–Crippen LogP) is 4.66. The maximum absolute atomic E-state index is 13.0. The van der Waals surface area contributed by atoms with Crippen LogP contribution in [0.4, 0.5) is 4.39 Å². The van der Waals surface area contributed by atoms with Gasteiger partial charge in [0.2, 0.25) is 5.95 Å². The van der Waals surface area contributed by atoms with E-state index in [0.717, 1.165) is 6.07 Å². The van der Waals surface area contributed by atoms with Crippen molar-refractivity contribution in [1.82, 2.24) is 4.98 Å². The molecule has 1 aromatic heterocycles. The van der Waals surface area contributed by atoms with E-state index < -0.39 is 5.95 Å². The molecule has 0 radical (unpaired) electrons. The lowest BCUT2D eigenvalue weighted by Crippen LogP contribution is -1.94. The third kappa shape index (κ3) is 2.34. The number of hydrogen-bond acceptors (Lipinski definition) is 2. The Bertz CT molecular complexity index is 631. The number of halogens is 4. The van der Waals surface area contributed by atoms with Gasteiger partial charge in [0.15, 0.2) is 6.29 Å². The minimum absolute atomic E-state index is 0.105. The van der Waals surface area contributed by atoms with Crippen LogP contribution in [0.5, 0.6) is 0 Å². The van der Waals surface area contributed by atoms with E-state index in [9.17, 15) is 9.18 Å².